The highest BCUT2D eigenvalue weighted by Crippen LogP contribution is 2.22. The fraction of sp³-hybridized carbons (Fsp3) is 0.417. The van der Waals surface area contributed by atoms with Gasteiger partial charge < -0.3 is 10.6 Å². The Labute approximate surface area is 207 Å². The van der Waals surface area contributed by atoms with Crippen LogP contribution < -0.4 is 26.8 Å². The van der Waals surface area contributed by atoms with Crippen LogP contribution in [0.2, 0.25) is 0 Å². The number of carbonyl (C=O) groups excluding carboxylic acids is 1. The van der Waals surface area contributed by atoms with Crippen LogP contribution in [0.5, 0.6) is 0 Å². The van der Waals surface area contributed by atoms with E-state index in [-0.39, 0.29) is 30.5 Å². The Kier molecular flexibility index (Phi) is 7.98. The number of aromatic nitrogens is 3. The van der Waals surface area contributed by atoms with Crippen molar-refractivity contribution in [2.45, 2.75) is 32.9 Å². The van der Waals surface area contributed by atoms with Gasteiger partial charge in [-0.2, -0.15) is 0 Å². The summed E-state index contributed by atoms with van der Waals surface area (Å²) in [5, 5.41) is 2.93. The average molecular weight is 498 g/mol. The SMILES string of the molecule is CCCCn1c(N)c(N(Cc2ccccc2)C(=O)CN2CCN(c3nccs3)CC2)c(=O)[nH]c1=O. The average Bonchev–Trinajstić information content (AvgIpc) is 3.39. The first-order valence-corrected chi connectivity index (χ1v) is 12.7. The third-order valence-electron chi connectivity index (χ3n) is 6.12. The molecule has 186 valence electrons. The number of hydrogen-bond acceptors (Lipinski definition) is 8. The molecule has 3 N–H and O–H groups in total. The van der Waals surface area contributed by atoms with Crippen LogP contribution in [0.3, 0.4) is 0 Å². The molecule has 4 rings (SSSR count). The molecule has 1 aromatic carbocycles. The van der Waals surface area contributed by atoms with Gasteiger partial charge in [-0.25, -0.2) is 9.78 Å². The Morgan fingerprint density at radius 3 is 2.57 bits per heavy atom. The summed E-state index contributed by atoms with van der Waals surface area (Å²) in [4.78, 5) is 51.4. The highest BCUT2D eigenvalue weighted by atomic mass is 32.1. The minimum Gasteiger partial charge on any atom is -0.383 e. The van der Waals surface area contributed by atoms with Crippen LogP contribution in [-0.2, 0) is 17.9 Å². The highest BCUT2D eigenvalue weighted by Gasteiger charge is 2.27. The molecule has 3 heterocycles. The summed E-state index contributed by atoms with van der Waals surface area (Å²) in [6, 6.07) is 9.44. The maximum atomic E-state index is 13.6. The van der Waals surface area contributed by atoms with Crippen LogP contribution in [0, 0.1) is 0 Å². The fourth-order valence-electron chi connectivity index (χ4n) is 4.18. The number of nitrogens with two attached hydrogens (primary N) is 1. The normalized spacial score (nSPS) is 14.3. The van der Waals surface area contributed by atoms with Gasteiger partial charge in [0.15, 0.2) is 10.8 Å². The number of hydrogen-bond donors (Lipinski definition) is 2. The molecular formula is C24H31N7O3S. The van der Waals surface area contributed by atoms with Crippen LogP contribution in [0.4, 0.5) is 16.6 Å². The van der Waals surface area contributed by atoms with Crippen LogP contribution in [0.25, 0.3) is 0 Å². The lowest BCUT2D eigenvalue weighted by atomic mass is 10.2. The molecule has 0 unspecified atom stereocenters. The van der Waals surface area contributed by atoms with Gasteiger partial charge >= 0.3 is 5.69 Å². The first kappa shape index (κ1) is 24.7. The summed E-state index contributed by atoms with van der Waals surface area (Å²) in [5.41, 5.74) is 6.02. The number of amides is 1. The summed E-state index contributed by atoms with van der Waals surface area (Å²) >= 11 is 1.60. The van der Waals surface area contributed by atoms with Gasteiger partial charge in [0.2, 0.25) is 5.91 Å². The molecule has 3 aromatic rings. The number of carbonyl (C=O) groups is 1. The predicted molar refractivity (Wildman–Crippen MR) is 139 cm³/mol. The van der Waals surface area contributed by atoms with E-state index >= 15 is 0 Å². The Hall–Kier alpha value is -3.44. The van der Waals surface area contributed by atoms with Crippen molar-refractivity contribution in [1.82, 2.24) is 19.4 Å². The topological polar surface area (TPSA) is 121 Å². The molecule has 0 saturated carbocycles. The van der Waals surface area contributed by atoms with Crippen molar-refractivity contribution >= 4 is 33.9 Å². The number of unbranched alkanes of at least 4 members (excludes halogenated alkanes) is 1. The zero-order valence-corrected chi connectivity index (χ0v) is 20.7. The van der Waals surface area contributed by atoms with Crippen molar-refractivity contribution in [1.29, 1.82) is 0 Å². The fourth-order valence-corrected chi connectivity index (χ4v) is 4.88. The molecule has 0 bridgehead atoms. The number of nitrogens with zero attached hydrogens (tertiary/aromatic N) is 5. The molecule has 11 heteroatoms. The number of thiazole rings is 1. The van der Waals surface area contributed by atoms with Crippen LogP contribution in [0.15, 0.2) is 51.5 Å². The standard InChI is InChI=1S/C24H31N7O3S/c1-2-3-10-30-21(25)20(22(33)27-23(30)34)31(16-18-7-5-4-6-8-18)19(32)17-28-11-13-29(14-12-28)24-26-9-15-35-24/h4-9,15H,2-3,10-14,16-17,25H2,1H3,(H,27,33,34). The number of nitrogen functional groups attached to an aromatic ring is 1. The van der Waals surface area contributed by atoms with E-state index < -0.39 is 11.2 Å². The molecule has 1 aliphatic heterocycles. The summed E-state index contributed by atoms with van der Waals surface area (Å²) in [6.07, 6.45) is 3.38. The smallest absolute Gasteiger partial charge is 0.330 e. The van der Waals surface area contributed by atoms with Crippen molar-refractivity contribution in [2.24, 2.45) is 0 Å². The zero-order valence-electron chi connectivity index (χ0n) is 19.9. The molecule has 1 aliphatic rings. The lowest BCUT2D eigenvalue weighted by Gasteiger charge is -2.35. The van der Waals surface area contributed by atoms with Crippen molar-refractivity contribution < 1.29 is 4.79 Å². The van der Waals surface area contributed by atoms with Gasteiger partial charge in [-0.1, -0.05) is 43.7 Å². The molecule has 1 fully saturated rings. The van der Waals surface area contributed by atoms with Crippen molar-refractivity contribution in [3.05, 3.63) is 68.3 Å². The third kappa shape index (κ3) is 5.80. The molecule has 0 radical (unpaired) electrons. The van der Waals surface area contributed by atoms with E-state index in [4.69, 9.17) is 5.73 Å². The molecule has 0 spiro atoms. The summed E-state index contributed by atoms with van der Waals surface area (Å²) in [6.45, 7) is 5.64. The van der Waals surface area contributed by atoms with Gasteiger partial charge in [-0.3, -0.25) is 28.9 Å². The maximum Gasteiger partial charge on any atom is 0.330 e. The van der Waals surface area contributed by atoms with Crippen LogP contribution in [0.1, 0.15) is 25.3 Å². The Balaban J connectivity index is 1.58. The number of H-pyrrole nitrogens is 1. The van der Waals surface area contributed by atoms with Crippen LogP contribution >= 0.6 is 11.3 Å². The first-order chi connectivity index (χ1) is 17.0. The number of aromatic amines is 1. The second-order valence-corrected chi connectivity index (χ2v) is 9.41. The largest absolute Gasteiger partial charge is 0.383 e. The summed E-state index contributed by atoms with van der Waals surface area (Å²) in [7, 11) is 0. The highest BCUT2D eigenvalue weighted by molar-refractivity contribution is 7.13. The Bertz CT molecular complexity index is 1230. The molecule has 0 aliphatic carbocycles. The summed E-state index contributed by atoms with van der Waals surface area (Å²) < 4.78 is 1.35. The summed E-state index contributed by atoms with van der Waals surface area (Å²) in [5.74, 6) is -0.223. The maximum absolute atomic E-state index is 13.6. The lowest BCUT2D eigenvalue weighted by molar-refractivity contribution is -0.120. The number of anilines is 3. The molecule has 2 aromatic heterocycles. The van der Waals surface area contributed by atoms with E-state index in [9.17, 15) is 14.4 Å². The van der Waals surface area contributed by atoms with Gasteiger partial charge in [0.05, 0.1) is 13.1 Å². The predicted octanol–water partition coefficient (Wildman–Crippen LogP) is 1.73. The minimum absolute atomic E-state index is 0.0186. The number of benzene rings is 1. The molecular weight excluding hydrogens is 466 g/mol. The molecule has 1 saturated heterocycles. The Morgan fingerprint density at radius 1 is 1.17 bits per heavy atom. The van der Waals surface area contributed by atoms with Crippen molar-refractivity contribution in [3.63, 3.8) is 0 Å². The van der Waals surface area contributed by atoms with E-state index in [1.165, 1.54) is 9.47 Å². The van der Waals surface area contributed by atoms with Crippen molar-refractivity contribution in [3.8, 4) is 0 Å². The monoisotopic (exact) mass is 497 g/mol. The second-order valence-electron chi connectivity index (χ2n) is 8.54. The lowest BCUT2D eigenvalue weighted by Crippen LogP contribution is -2.51. The van der Waals surface area contributed by atoms with E-state index in [1.54, 1.807) is 17.5 Å². The van der Waals surface area contributed by atoms with Crippen LogP contribution in [-0.4, -0.2) is 58.1 Å². The molecule has 10 nitrogen and oxygen atoms in total. The van der Waals surface area contributed by atoms with Gasteiger partial charge in [-0.05, 0) is 12.0 Å². The van der Waals surface area contributed by atoms with Gasteiger partial charge in [0.1, 0.15) is 5.82 Å². The minimum atomic E-state index is -0.655. The molecule has 1 amide bonds. The van der Waals surface area contributed by atoms with E-state index in [2.05, 4.69) is 19.8 Å². The second kappa shape index (κ2) is 11.3. The van der Waals surface area contributed by atoms with Gasteiger partial charge in [-0.15, -0.1) is 11.3 Å². The number of rotatable bonds is 9. The van der Waals surface area contributed by atoms with E-state index in [1.807, 2.05) is 42.6 Å². The Morgan fingerprint density at radius 2 is 1.91 bits per heavy atom. The quantitative estimate of drug-likeness (QED) is 0.462. The van der Waals surface area contributed by atoms with Crippen molar-refractivity contribution in [2.75, 3.05) is 48.3 Å². The number of nitrogens with one attached hydrogen (secondary N) is 1. The molecule has 35 heavy (non-hydrogen) atoms. The number of piperazine rings is 1. The van der Waals surface area contributed by atoms with E-state index in [0.717, 1.165) is 36.6 Å². The van der Waals surface area contributed by atoms with E-state index in [0.29, 0.717) is 19.6 Å². The van der Waals surface area contributed by atoms with Gasteiger partial charge in [0.25, 0.3) is 5.56 Å². The molecule has 0 atom stereocenters. The zero-order chi connectivity index (χ0) is 24.8. The van der Waals surface area contributed by atoms with Gasteiger partial charge in [0, 0.05) is 44.3 Å². The third-order valence-corrected chi connectivity index (χ3v) is 6.96. The first-order valence-electron chi connectivity index (χ1n) is 11.8.